The zero-order valence-electron chi connectivity index (χ0n) is 26.2. The first-order valence-corrected chi connectivity index (χ1v) is 15.7. The number of carbonyl (C=O) groups excluding carboxylic acids is 1. The fraction of sp³-hybridized carbons (Fsp3) is 0.257. The highest BCUT2D eigenvalue weighted by Gasteiger charge is 2.54. The van der Waals surface area contributed by atoms with Crippen LogP contribution in [0.2, 0.25) is 10.0 Å². The fourth-order valence-corrected chi connectivity index (χ4v) is 5.88. The molecule has 2 N–H and O–H groups in total. The number of hydrogen-bond acceptors (Lipinski definition) is 8. The van der Waals surface area contributed by atoms with Crippen molar-refractivity contribution in [2.75, 3.05) is 27.4 Å². The van der Waals surface area contributed by atoms with Crippen LogP contribution in [-0.2, 0) is 22.5 Å². The molecule has 4 aromatic rings. The molecular weight excluding hydrogens is 657 g/mol. The summed E-state index contributed by atoms with van der Waals surface area (Å²) in [5.74, 6) is 1.47. The van der Waals surface area contributed by atoms with Crippen LogP contribution in [0.25, 0.3) is 10.4 Å². The molecule has 248 valence electrons. The van der Waals surface area contributed by atoms with E-state index in [1.165, 1.54) is 0 Å². The van der Waals surface area contributed by atoms with Gasteiger partial charge in [0.1, 0.15) is 17.2 Å². The number of halogens is 2. The molecule has 1 heterocycles. The lowest BCUT2D eigenvalue weighted by molar-refractivity contribution is -0.129. The molecule has 0 fully saturated rings. The van der Waals surface area contributed by atoms with Crippen LogP contribution in [0.1, 0.15) is 34.8 Å². The molecule has 0 aliphatic carbocycles. The summed E-state index contributed by atoms with van der Waals surface area (Å²) in [6.45, 7) is 0.491. The van der Waals surface area contributed by atoms with Crippen molar-refractivity contribution in [1.29, 1.82) is 0 Å². The maximum Gasteiger partial charge on any atom is 0.252 e. The van der Waals surface area contributed by atoms with Gasteiger partial charge in [-0.05, 0) is 65.2 Å². The summed E-state index contributed by atoms with van der Waals surface area (Å²) < 4.78 is 23.1. The number of nitrogens with zero attached hydrogens (tertiary/aromatic N) is 4. The third-order valence-corrected chi connectivity index (χ3v) is 8.31. The van der Waals surface area contributed by atoms with Gasteiger partial charge in [-0.15, -0.1) is 0 Å². The van der Waals surface area contributed by atoms with Gasteiger partial charge in [-0.2, -0.15) is 0 Å². The molecule has 4 aromatic carbocycles. The molecular formula is C35H33Cl2N5O6. The van der Waals surface area contributed by atoms with Gasteiger partial charge in [0, 0.05) is 63.8 Å². The van der Waals surface area contributed by atoms with Crippen molar-refractivity contribution in [3.8, 4) is 17.2 Å². The number of aliphatic imine (C=N–C) groups is 1. The quantitative estimate of drug-likeness (QED) is 0.0605. The second-order valence-electron chi connectivity index (χ2n) is 10.9. The van der Waals surface area contributed by atoms with E-state index in [4.69, 9.17) is 52.2 Å². The van der Waals surface area contributed by atoms with Crippen molar-refractivity contribution in [1.82, 2.24) is 5.32 Å². The number of hydrogen-bond donors (Lipinski definition) is 2. The number of aliphatic hydroxyl groups excluding tert-OH is 1. The highest BCUT2D eigenvalue weighted by molar-refractivity contribution is 6.35. The molecule has 48 heavy (non-hydrogen) atoms. The number of azide groups is 1. The number of rotatable bonds is 14. The number of benzene rings is 4. The van der Waals surface area contributed by atoms with Crippen molar-refractivity contribution >= 4 is 40.7 Å². The Hall–Kier alpha value is -4.93. The van der Waals surface area contributed by atoms with Crippen LogP contribution >= 0.6 is 23.2 Å². The summed E-state index contributed by atoms with van der Waals surface area (Å²) in [7, 11) is 3.10. The van der Waals surface area contributed by atoms with Crippen molar-refractivity contribution < 1.29 is 28.8 Å². The van der Waals surface area contributed by atoms with Gasteiger partial charge in [-0.1, -0.05) is 58.6 Å². The molecule has 0 saturated heterocycles. The van der Waals surface area contributed by atoms with Gasteiger partial charge in [0.05, 0.1) is 20.8 Å². The standard InChI is InChI=1S/C35H33Cl2N5O6/c1-45-27-16-22(17-28(19-27)46-2)21-39-34(44)35(20-24-6-3-4-7-31(24)41-42-38)32(29-13-10-25(36)18-30(29)37)48-33(40-35)23-8-11-26(12-9-23)47-15-5-14-43/h3-4,6-13,16-19,32,43H,5,14-15,20-21H2,1-2H3,(H,39,44)/t32-,35-/m1/s1. The normalized spacial score (nSPS) is 16.7. The van der Waals surface area contributed by atoms with Gasteiger partial charge in [-0.3, -0.25) is 4.79 Å². The van der Waals surface area contributed by atoms with E-state index in [1.807, 2.05) is 0 Å². The minimum absolute atomic E-state index is 0.00899. The Morgan fingerprint density at radius 1 is 1.02 bits per heavy atom. The molecule has 0 radical (unpaired) electrons. The molecule has 2 atom stereocenters. The highest BCUT2D eigenvalue weighted by atomic mass is 35.5. The first kappa shape index (κ1) is 34.4. The van der Waals surface area contributed by atoms with Gasteiger partial charge in [0.2, 0.25) is 5.90 Å². The van der Waals surface area contributed by atoms with Gasteiger partial charge in [0.15, 0.2) is 11.6 Å². The van der Waals surface area contributed by atoms with Crippen LogP contribution in [0.5, 0.6) is 17.2 Å². The minimum Gasteiger partial charge on any atom is -0.497 e. The van der Waals surface area contributed by atoms with Crippen LogP contribution in [0, 0.1) is 0 Å². The minimum atomic E-state index is -1.63. The van der Waals surface area contributed by atoms with E-state index in [9.17, 15) is 10.3 Å². The topological polar surface area (TPSA) is 147 Å². The first-order chi connectivity index (χ1) is 23.3. The van der Waals surface area contributed by atoms with Crippen LogP contribution in [0.4, 0.5) is 5.69 Å². The highest BCUT2D eigenvalue weighted by Crippen LogP contribution is 2.46. The SMILES string of the molecule is COc1cc(CNC(=O)[C@]2(Cc3ccccc3N=[N+]=[N-])N=C(c3ccc(OCCCO)cc3)O[C@@H]2c2ccc(Cl)cc2Cl)cc(OC)c1. The van der Waals surface area contributed by atoms with Gasteiger partial charge in [0.25, 0.3) is 5.91 Å². The number of carbonyl (C=O) groups is 1. The average molecular weight is 691 g/mol. The van der Waals surface area contributed by atoms with E-state index in [0.717, 1.165) is 5.56 Å². The fourth-order valence-electron chi connectivity index (χ4n) is 5.37. The Morgan fingerprint density at radius 2 is 1.75 bits per heavy atom. The van der Waals surface area contributed by atoms with Gasteiger partial charge in [-0.25, -0.2) is 4.99 Å². The Bertz CT molecular complexity index is 1830. The number of aliphatic hydroxyl groups is 1. The van der Waals surface area contributed by atoms with E-state index >= 15 is 0 Å². The lowest BCUT2D eigenvalue weighted by Crippen LogP contribution is -2.49. The Morgan fingerprint density at radius 3 is 2.42 bits per heavy atom. The number of methoxy groups -OCH3 is 2. The van der Waals surface area contributed by atoms with E-state index in [2.05, 4.69) is 15.3 Å². The van der Waals surface area contributed by atoms with Gasteiger partial charge < -0.3 is 29.4 Å². The first-order valence-electron chi connectivity index (χ1n) is 15.0. The lowest BCUT2D eigenvalue weighted by Gasteiger charge is -2.31. The molecule has 0 spiro atoms. The zero-order valence-corrected chi connectivity index (χ0v) is 27.7. The van der Waals surface area contributed by atoms with E-state index < -0.39 is 17.6 Å². The third kappa shape index (κ3) is 7.78. The predicted octanol–water partition coefficient (Wildman–Crippen LogP) is 7.53. The smallest absolute Gasteiger partial charge is 0.252 e. The summed E-state index contributed by atoms with van der Waals surface area (Å²) in [6, 6.07) is 24.3. The Kier molecular flexibility index (Phi) is 11.3. The predicted molar refractivity (Wildman–Crippen MR) is 184 cm³/mol. The van der Waals surface area contributed by atoms with E-state index in [0.29, 0.717) is 57.7 Å². The number of amides is 1. The molecule has 0 unspecified atom stereocenters. The summed E-state index contributed by atoms with van der Waals surface area (Å²) in [5.41, 5.74) is 10.4. The van der Waals surface area contributed by atoms with Gasteiger partial charge >= 0.3 is 0 Å². The Balaban J connectivity index is 1.62. The third-order valence-electron chi connectivity index (χ3n) is 7.74. The molecule has 5 rings (SSSR count). The molecule has 1 amide bonds. The monoisotopic (exact) mass is 689 g/mol. The molecule has 13 heteroatoms. The lowest BCUT2D eigenvalue weighted by atomic mass is 9.81. The van der Waals surface area contributed by atoms with E-state index in [1.54, 1.807) is 99.1 Å². The Labute approximate surface area is 287 Å². The van der Waals surface area contributed by atoms with Crippen LogP contribution < -0.4 is 19.5 Å². The van der Waals surface area contributed by atoms with Crippen molar-refractivity contribution in [3.63, 3.8) is 0 Å². The average Bonchev–Trinajstić information content (AvgIpc) is 3.48. The molecule has 0 aromatic heterocycles. The molecule has 11 nitrogen and oxygen atoms in total. The molecule has 1 aliphatic heterocycles. The number of nitrogens with one attached hydrogen (secondary N) is 1. The summed E-state index contributed by atoms with van der Waals surface area (Å²) >= 11 is 13.0. The van der Waals surface area contributed by atoms with Crippen molar-refractivity contribution in [2.24, 2.45) is 10.1 Å². The second kappa shape index (κ2) is 15.8. The molecule has 0 saturated carbocycles. The largest absolute Gasteiger partial charge is 0.497 e. The maximum atomic E-state index is 14.7. The van der Waals surface area contributed by atoms with Crippen LogP contribution in [0.3, 0.4) is 0 Å². The zero-order chi connectivity index (χ0) is 34.1. The summed E-state index contributed by atoms with van der Waals surface area (Å²) in [6.07, 6.45) is -0.527. The molecule has 1 aliphatic rings. The van der Waals surface area contributed by atoms with Crippen molar-refractivity contribution in [2.45, 2.75) is 31.0 Å². The summed E-state index contributed by atoms with van der Waals surface area (Å²) in [5, 5.41) is 16.7. The van der Waals surface area contributed by atoms with Crippen LogP contribution in [-0.4, -0.2) is 49.9 Å². The second-order valence-corrected chi connectivity index (χ2v) is 11.7. The molecule has 0 bridgehead atoms. The van der Waals surface area contributed by atoms with Crippen molar-refractivity contribution in [3.05, 3.63) is 128 Å². The summed E-state index contributed by atoms with van der Waals surface area (Å²) in [4.78, 5) is 22.7. The van der Waals surface area contributed by atoms with Crippen LogP contribution in [0.15, 0.2) is 95.0 Å². The van der Waals surface area contributed by atoms with E-state index in [-0.39, 0.29) is 30.5 Å². The number of ether oxygens (including phenoxy) is 4. The maximum absolute atomic E-state index is 14.7.